The smallest absolute Gasteiger partial charge is 0.339 e. The van der Waals surface area contributed by atoms with Crippen molar-refractivity contribution < 1.29 is 27.5 Å². The number of hydrogen-bond donors (Lipinski definition) is 2. The van der Waals surface area contributed by atoms with Crippen molar-refractivity contribution in [2.24, 2.45) is 0 Å². The number of hydrogen-bond acceptors (Lipinski definition) is 8. The van der Waals surface area contributed by atoms with E-state index in [1.54, 1.807) is 19.9 Å². The maximum Gasteiger partial charge on any atom is 0.339 e. The first-order valence-electron chi connectivity index (χ1n) is 8.28. The van der Waals surface area contributed by atoms with Gasteiger partial charge in [0.05, 0.1) is 18.8 Å². The standard InChI is InChI=1S/C17H18N4O6S.CH4/c1-10-7-11(2)19-16(18-10)20-17(23)21-28(24,25)14-6-4-3-5-13(14)15(22)27-12-8-26-9-12;/h3-7,12H,8-9H2,1-2H3,(H2,18,19,20,21,23);1H4. The van der Waals surface area contributed by atoms with Crippen LogP contribution in [0.5, 0.6) is 0 Å². The Hall–Kier alpha value is -3.05. The fourth-order valence-electron chi connectivity index (χ4n) is 2.45. The number of amides is 2. The van der Waals surface area contributed by atoms with Crippen LogP contribution in [-0.4, -0.2) is 49.7 Å². The number of carbonyl (C=O) groups is 2. The Kier molecular flexibility index (Phi) is 6.88. The zero-order valence-electron chi connectivity index (χ0n) is 15.1. The minimum atomic E-state index is -4.35. The van der Waals surface area contributed by atoms with Crippen molar-refractivity contribution in [3.63, 3.8) is 0 Å². The molecule has 0 saturated carbocycles. The van der Waals surface area contributed by atoms with Crippen LogP contribution in [0.15, 0.2) is 35.2 Å². The minimum Gasteiger partial charge on any atom is -0.454 e. The number of ether oxygens (including phenoxy) is 2. The molecule has 0 radical (unpaired) electrons. The van der Waals surface area contributed by atoms with E-state index in [1.807, 2.05) is 4.72 Å². The lowest BCUT2D eigenvalue weighted by Gasteiger charge is -2.25. The van der Waals surface area contributed by atoms with E-state index in [1.165, 1.54) is 24.3 Å². The first kappa shape index (κ1) is 22.2. The van der Waals surface area contributed by atoms with Gasteiger partial charge in [-0.05, 0) is 32.0 Å². The average Bonchev–Trinajstić information content (AvgIpc) is 2.56. The van der Waals surface area contributed by atoms with Gasteiger partial charge in [-0.25, -0.2) is 32.7 Å². The highest BCUT2D eigenvalue weighted by atomic mass is 32.2. The highest BCUT2D eigenvalue weighted by Crippen LogP contribution is 2.18. The molecule has 156 valence electrons. The zero-order valence-corrected chi connectivity index (χ0v) is 15.9. The lowest BCUT2D eigenvalue weighted by molar-refractivity contribution is -0.103. The quantitative estimate of drug-likeness (QED) is 0.696. The predicted molar refractivity (Wildman–Crippen MR) is 104 cm³/mol. The summed E-state index contributed by atoms with van der Waals surface area (Å²) in [6, 6.07) is 6.09. The topological polar surface area (TPSA) is 137 Å². The predicted octanol–water partition coefficient (Wildman–Crippen LogP) is 1.80. The number of aromatic nitrogens is 2. The maximum atomic E-state index is 12.6. The fraction of sp³-hybridized carbons (Fsp3) is 0.333. The van der Waals surface area contributed by atoms with Gasteiger partial charge in [-0.15, -0.1) is 0 Å². The van der Waals surface area contributed by atoms with Crippen molar-refractivity contribution in [3.05, 3.63) is 47.3 Å². The zero-order chi connectivity index (χ0) is 20.3. The van der Waals surface area contributed by atoms with Crippen LogP contribution in [-0.2, 0) is 19.5 Å². The van der Waals surface area contributed by atoms with E-state index in [0.717, 1.165) is 0 Å². The molecule has 0 atom stereocenters. The molecule has 1 saturated heterocycles. The molecule has 1 aromatic carbocycles. The minimum absolute atomic E-state index is 0. The highest BCUT2D eigenvalue weighted by molar-refractivity contribution is 7.90. The van der Waals surface area contributed by atoms with Gasteiger partial charge in [0.1, 0.15) is 11.0 Å². The van der Waals surface area contributed by atoms with Crippen LogP contribution in [0.1, 0.15) is 29.2 Å². The summed E-state index contributed by atoms with van der Waals surface area (Å²) in [5.74, 6) is -0.852. The third kappa shape index (κ3) is 5.48. The third-order valence-electron chi connectivity index (χ3n) is 3.71. The molecule has 2 heterocycles. The monoisotopic (exact) mass is 422 g/mol. The number of esters is 1. The summed E-state index contributed by atoms with van der Waals surface area (Å²) in [4.78, 5) is 32.0. The lowest BCUT2D eigenvalue weighted by atomic mass is 10.2. The van der Waals surface area contributed by atoms with Gasteiger partial charge in [0.2, 0.25) is 5.95 Å². The Labute approximate surface area is 168 Å². The molecule has 0 unspecified atom stereocenters. The van der Waals surface area contributed by atoms with Crippen molar-refractivity contribution in [1.82, 2.24) is 14.7 Å². The number of aryl methyl sites for hydroxylation is 2. The number of carbonyl (C=O) groups excluding carboxylic acids is 2. The number of anilines is 1. The third-order valence-corrected chi connectivity index (χ3v) is 5.10. The van der Waals surface area contributed by atoms with Gasteiger partial charge in [0.25, 0.3) is 10.0 Å². The second kappa shape index (κ2) is 8.97. The lowest BCUT2D eigenvalue weighted by Crippen LogP contribution is -2.39. The second-order valence-electron chi connectivity index (χ2n) is 6.09. The van der Waals surface area contributed by atoms with Crippen LogP contribution in [0.4, 0.5) is 10.7 Å². The molecule has 1 aliphatic heterocycles. The first-order valence-corrected chi connectivity index (χ1v) is 9.77. The van der Waals surface area contributed by atoms with Crippen LogP contribution >= 0.6 is 0 Å². The van der Waals surface area contributed by atoms with Gasteiger partial charge in [-0.3, -0.25) is 5.32 Å². The molecule has 10 nitrogen and oxygen atoms in total. The molecule has 0 spiro atoms. The van der Waals surface area contributed by atoms with Gasteiger partial charge in [0.15, 0.2) is 0 Å². The number of urea groups is 1. The summed E-state index contributed by atoms with van der Waals surface area (Å²) >= 11 is 0. The van der Waals surface area contributed by atoms with Gasteiger partial charge in [-0.1, -0.05) is 19.6 Å². The number of rotatable bonds is 5. The number of nitrogens with one attached hydrogen (secondary N) is 2. The fourth-order valence-corrected chi connectivity index (χ4v) is 3.56. The van der Waals surface area contributed by atoms with Gasteiger partial charge in [-0.2, -0.15) is 0 Å². The molecule has 29 heavy (non-hydrogen) atoms. The average molecular weight is 422 g/mol. The van der Waals surface area contributed by atoms with Crippen LogP contribution < -0.4 is 10.0 Å². The van der Waals surface area contributed by atoms with Crippen molar-refractivity contribution in [2.75, 3.05) is 18.5 Å². The maximum absolute atomic E-state index is 12.6. The van der Waals surface area contributed by atoms with Crippen LogP contribution in [0, 0.1) is 13.8 Å². The molecule has 2 N–H and O–H groups in total. The van der Waals surface area contributed by atoms with Crippen molar-refractivity contribution >= 4 is 28.0 Å². The van der Waals surface area contributed by atoms with E-state index in [0.29, 0.717) is 11.4 Å². The Balaban J connectivity index is 0.00000300. The molecule has 2 aromatic rings. The van der Waals surface area contributed by atoms with E-state index in [9.17, 15) is 18.0 Å². The number of nitrogens with zero attached hydrogens (tertiary/aromatic N) is 2. The van der Waals surface area contributed by atoms with Crippen LogP contribution in [0.25, 0.3) is 0 Å². The number of sulfonamides is 1. The molecule has 11 heteroatoms. The Bertz CT molecular complexity index is 1000. The molecule has 0 aliphatic carbocycles. The van der Waals surface area contributed by atoms with Gasteiger partial charge in [0, 0.05) is 11.4 Å². The van der Waals surface area contributed by atoms with Gasteiger partial charge >= 0.3 is 12.0 Å². The summed E-state index contributed by atoms with van der Waals surface area (Å²) in [6.45, 7) is 3.95. The normalized spacial score (nSPS) is 13.6. The molecular weight excluding hydrogens is 400 g/mol. The van der Waals surface area contributed by atoms with Crippen molar-refractivity contribution in [3.8, 4) is 0 Å². The SMILES string of the molecule is C.Cc1cc(C)nc(NC(=O)NS(=O)(=O)c2ccccc2C(=O)OC2COC2)n1. The van der Waals surface area contributed by atoms with Crippen molar-refractivity contribution in [1.29, 1.82) is 0 Å². The van der Waals surface area contributed by atoms with E-state index in [-0.39, 0.29) is 37.0 Å². The first-order chi connectivity index (χ1) is 13.2. The van der Waals surface area contributed by atoms with E-state index < -0.39 is 28.1 Å². The Morgan fingerprint density at radius 3 is 2.34 bits per heavy atom. The molecule has 1 aliphatic rings. The highest BCUT2D eigenvalue weighted by Gasteiger charge is 2.29. The summed E-state index contributed by atoms with van der Waals surface area (Å²) in [5.41, 5.74) is 1.04. The summed E-state index contributed by atoms with van der Waals surface area (Å²) in [7, 11) is -4.35. The summed E-state index contributed by atoms with van der Waals surface area (Å²) in [5, 5.41) is 2.26. The van der Waals surface area contributed by atoms with E-state index in [2.05, 4.69) is 15.3 Å². The largest absolute Gasteiger partial charge is 0.454 e. The molecular formula is C18H22N4O6S. The summed E-state index contributed by atoms with van der Waals surface area (Å²) in [6.07, 6.45) is -0.416. The van der Waals surface area contributed by atoms with Crippen LogP contribution in [0.2, 0.25) is 0 Å². The molecule has 1 aromatic heterocycles. The van der Waals surface area contributed by atoms with Crippen molar-refractivity contribution in [2.45, 2.75) is 32.3 Å². The number of benzene rings is 1. The molecule has 2 amide bonds. The van der Waals surface area contributed by atoms with Gasteiger partial charge < -0.3 is 9.47 Å². The molecule has 3 rings (SSSR count). The van der Waals surface area contributed by atoms with E-state index >= 15 is 0 Å². The Morgan fingerprint density at radius 1 is 1.14 bits per heavy atom. The van der Waals surface area contributed by atoms with Crippen LogP contribution in [0.3, 0.4) is 0 Å². The molecule has 1 fully saturated rings. The van der Waals surface area contributed by atoms with E-state index in [4.69, 9.17) is 9.47 Å². The Morgan fingerprint density at radius 2 is 1.76 bits per heavy atom. The molecule has 0 bridgehead atoms. The second-order valence-corrected chi connectivity index (χ2v) is 7.75. The summed E-state index contributed by atoms with van der Waals surface area (Å²) < 4.78 is 37.2.